The first-order valence-corrected chi connectivity index (χ1v) is 12.5. The molecule has 3 aromatic rings. The quantitative estimate of drug-likeness (QED) is 0.342. The van der Waals surface area contributed by atoms with Crippen LogP contribution in [0.3, 0.4) is 0 Å². The van der Waals surface area contributed by atoms with Gasteiger partial charge in [-0.25, -0.2) is 4.79 Å². The van der Waals surface area contributed by atoms with Gasteiger partial charge in [-0.05, 0) is 61.6 Å². The van der Waals surface area contributed by atoms with E-state index in [1.165, 1.54) is 7.05 Å². The largest absolute Gasteiger partial charge is 0.444 e. The van der Waals surface area contributed by atoms with E-state index in [0.717, 1.165) is 22.3 Å². The summed E-state index contributed by atoms with van der Waals surface area (Å²) < 4.78 is 5.29. The van der Waals surface area contributed by atoms with Gasteiger partial charge in [0.1, 0.15) is 11.6 Å². The van der Waals surface area contributed by atoms with E-state index < -0.39 is 17.7 Å². The van der Waals surface area contributed by atoms with Gasteiger partial charge in [-0.15, -0.1) is 0 Å². The van der Waals surface area contributed by atoms with E-state index in [9.17, 15) is 14.4 Å². The number of hydrogen-bond acceptors (Lipinski definition) is 5. The fraction of sp³-hybridized carbons (Fsp3) is 0.300. The maximum absolute atomic E-state index is 12.3. The van der Waals surface area contributed by atoms with Gasteiger partial charge in [0.2, 0.25) is 5.91 Å². The molecule has 38 heavy (non-hydrogen) atoms. The minimum absolute atomic E-state index is 0.190. The number of hydroxylamine groups is 1. The highest BCUT2D eigenvalue weighted by atomic mass is 16.7. The first-order chi connectivity index (χ1) is 18.1. The molecule has 0 fully saturated rings. The second-order valence-electron chi connectivity index (χ2n) is 9.85. The zero-order valence-corrected chi connectivity index (χ0v) is 22.2. The molecule has 0 saturated carbocycles. The number of ether oxygens (including phenoxy) is 1. The number of aryl methyl sites for hydroxylation is 1. The Morgan fingerprint density at radius 1 is 0.816 bits per heavy atom. The molecule has 0 unspecified atom stereocenters. The van der Waals surface area contributed by atoms with E-state index >= 15 is 0 Å². The molecule has 0 radical (unpaired) electrons. The summed E-state index contributed by atoms with van der Waals surface area (Å²) in [4.78, 5) is 41.9. The summed E-state index contributed by atoms with van der Waals surface area (Å²) in [7, 11) is 1.53. The lowest BCUT2D eigenvalue weighted by Gasteiger charge is -2.23. The molecule has 3 N–H and O–H groups in total. The summed E-state index contributed by atoms with van der Waals surface area (Å²) in [5.41, 5.74) is 5.81. The van der Waals surface area contributed by atoms with Crippen molar-refractivity contribution in [3.05, 3.63) is 90.0 Å². The topological polar surface area (TPSA) is 106 Å². The van der Waals surface area contributed by atoms with Crippen molar-refractivity contribution in [3.8, 4) is 16.9 Å². The minimum Gasteiger partial charge on any atom is -0.444 e. The predicted molar refractivity (Wildman–Crippen MR) is 146 cm³/mol. The number of likely N-dealkylation sites (N-methyl/N-ethyl adjacent to an activating group) is 1. The smallest absolute Gasteiger partial charge is 0.408 e. The van der Waals surface area contributed by atoms with E-state index in [1.54, 1.807) is 32.9 Å². The number of carbonyl (C=O) groups excluding carboxylic acids is 3. The Bertz CT molecular complexity index is 1200. The van der Waals surface area contributed by atoms with Crippen molar-refractivity contribution >= 4 is 17.9 Å². The highest BCUT2D eigenvalue weighted by Gasteiger charge is 2.24. The van der Waals surface area contributed by atoms with Gasteiger partial charge in [0, 0.05) is 19.9 Å². The summed E-state index contributed by atoms with van der Waals surface area (Å²) in [6.45, 7) is 5.31. The first-order valence-electron chi connectivity index (χ1n) is 12.5. The van der Waals surface area contributed by atoms with Gasteiger partial charge in [0.25, 0.3) is 5.91 Å². The molecular formula is C30H35N3O5. The van der Waals surface area contributed by atoms with Gasteiger partial charge in [0.15, 0.2) is 5.75 Å². The van der Waals surface area contributed by atoms with Crippen molar-refractivity contribution in [1.82, 2.24) is 16.1 Å². The number of rotatable bonds is 10. The number of amides is 3. The molecule has 1 atom stereocenters. The lowest BCUT2D eigenvalue weighted by molar-refractivity contribution is -0.127. The summed E-state index contributed by atoms with van der Waals surface area (Å²) in [6.07, 6.45) is 0.595. The first kappa shape index (κ1) is 28.2. The van der Waals surface area contributed by atoms with Crippen molar-refractivity contribution in [2.45, 2.75) is 51.7 Å². The van der Waals surface area contributed by atoms with Crippen LogP contribution < -0.4 is 21.0 Å². The van der Waals surface area contributed by atoms with Gasteiger partial charge in [-0.1, -0.05) is 66.7 Å². The molecule has 0 saturated heterocycles. The zero-order valence-electron chi connectivity index (χ0n) is 22.2. The average Bonchev–Trinajstić information content (AvgIpc) is 2.90. The van der Waals surface area contributed by atoms with Crippen LogP contribution in [0.1, 0.15) is 38.3 Å². The van der Waals surface area contributed by atoms with Crippen LogP contribution in [0.5, 0.6) is 5.75 Å². The van der Waals surface area contributed by atoms with Crippen molar-refractivity contribution in [3.63, 3.8) is 0 Å². The third kappa shape index (κ3) is 9.28. The molecule has 0 aromatic heterocycles. The highest BCUT2D eigenvalue weighted by molar-refractivity contribution is 5.85. The number of benzene rings is 3. The van der Waals surface area contributed by atoms with Crippen LogP contribution in [0.15, 0.2) is 78.9 Å². The van der Waals surface area contributed by atoms with Crippen molar-refractivity contribution in [1.29, 1.82) is 0 Å². The molecule has 3 amide bonds. The van der Waals surface area contributed by atoms with Crippen LogP contribution >= 0.6 is 0 Å². The van der Waals surface area contributed by atoms with Crippen LogP contribution in [-0.2, 0) is 27.2 Å². The summed E-state index contributed by atoms with van der Waals surface area (Å²) in [5.74, 6) is 0.0974. The molecule has 3 aromatic carbocycles. The fourth-order valence-corrected chi connectivity index (χ4v) is 3.68. The molecule has 0 heterocycles. The number of hydrogen-bond donors (Lipinski definition) is 3. The lowest BCUT2D eigenvalue weighted by Crippen LogP contribution is -2.48. The van der Waals surface area contributed by atoms with Gasteiger partial charge in [-0.2, -0.15) is 5.48 Å². The van der Waals surface area contributed by atoms with E-state index in [4.69, 9.17) is 9.57 Å². The Morgan fingerprint density at radius 3 is 1.95 bits per heavy atom. The molecule has 8 heteroatoms. The van der Waals surface area contributed by atoms with Gasteiger partial charge < -0.3 is 20.2 Å². The molecule has 8 nitrogen and oxygen atoms in total. The van der Waals surface area contributed by atoms with E-state index in [-0.39, 0.29) is 11.8 Å². The number of para-hydroxylation sites is 1. The van der Waals surface area contributed by atoms with Gasteiger partial charge in [0.05, 0.1) is 0 Å². The maximum atomic E-state index is 12.3. The lowest BCUT2D eigenvalue weighted by atomic mass is 9.99. The Morgan fingerprint density at radius 2 is 1.39 bits per heavy atom. The standard InChI is InChI=1S/C30H35N3O5/c1-30(2,3)37-29(36)32-26(28(35)31-4)20-22-12-17-24(18-13-22)23-15-10-21(11-16-23)14-19-27(34)33-38-25-8-6-5-7-9-25/h5-13,15-18,26H,14,19-20H2,1-4H3,(H,31,35)(H,32,36)(H,33,34)/t26-/m0/s1. The van der Waals surface area contributed by atoms with Gasteiger partial charge >= 0.3 is 6.09 Å². The molecule has 0 aliphatic carbocycles. The highest BCUT2D eigenvalue weighted by Crippen LogP contribution is 2.21. The third-order valence-corrected chi connectivity index (χ3v) is 5.60. The SMILES string of the molecule is CNC(=O)[C@H](Cc1ccc(-c2ccc(CCC(=O)NOc3ccccc3)cc2)cc1)NC(=O)OC(C)(C)C. The monoisotopic (exact) mass is 517 g/mol. The van der Waals surface area contributed by atoms with E-state index in [2.05, 4.69) is 16.1 Å². The Labute approximate surface area is 223 Å². The summed E-state index contributed by atoms with van der Waals surface area (Å²) in [6, 6.07) is 24.2. The van der Waals surface area contributed by atoms with Gasteiger partial charge in [-0.3, -0.25) is 9.59 Å². The van der Waals surface area contributed by atoms with Crippen LogP contribution in [0.2, 0.25) is 0 Å². The number of alkyl carbamates (subject to hydrolysis) is 1. The van der Waals surface area contributed by atoms with E-state index in [0.29, 0.717) is 25.0 Å². The van der Waals surface area contributed by atoms with Crippen LogP contribution in [0, 0.1) is 0 Å². The van der Waals surface area contributed by atoms with Crippen molar-refractivity contribution in [2.75, 3.05) is 7.05 Å². The number of carbonyl (C=O) groups is 3. The minimum atomic E-state index is -0.754. The van der Waals surface area contributed by atoms with Crippen molar-refractivity contribution < 1.29 is 24.0 Å². The summed E-state index contributed by atoms with van der Waals surface area (Å²) >= 11 is 0. The predicted octanol–water partition coefficient (Wildman–Crippen LogP) is 4.58. The molecule has 0 aliphatic heterocycles. The second-order valence-corrected chi connectivity index (χ2v) is 9.85. The maximum Gasteiger partial charge on any atom is 0.408 e. The average molecular weight is 518 g/mol. The molecule has 3 rings (SSSR count). The second kappa shape index (κ2) is 13.3. The van der Waals surface area contributed by atoms with E-state index in [1.807, 2.05) is 66.7 Å². The molecular weight excluding hydrogens is 482 g/mol. The fourth-order valence-electron chi connectivity index (χ4n) is 3.68. The number of nitrogens with one attached hydrogen (secondary N) is 3. The Kier molecular flexibility index (Phi) is 9.87. The van der Waals surface area contributed by atoms with Crippen LogP contribution in [-0.4, -0.2) is 36.6 Å². The molecule has 200 valence electrons. The normalized spacial score (nSPS) is 11.7. The Hall–Kier alpha value is -4.33. The third-order valence-electron chi connectivity index (χ3n) is 5.60. The summed E-state index contributed by atoms with van der Waals surface area (Å²) in [5, 5.41) is 5.24. The molecule has 0 bridgehead atoms. The van der Waals surface area contributed by atoms with Crippen molar-refractivity contribution in [2.24, 2.45) is 0 Å². The Balaban J connectivity index is 1.53. The molecule has 0 spiro atoms. The molecule has 0 aliphatic rings. The van der Waals surface area contributed by atoms with Crippen LogP contribution in [0.4, 0.5) is 4.79 Å². The van der Waals surface area contributed by atoms with Crippen LogP contribution in [0.25, 0.3) is 11.1 Å². The zero-order chi connectivity index (χ0) is 27.5.